The lowest BCUT2D eigenvalue weighted by Crippen LogP contribution is -2.32. The topological polar surface area (TPSA) is 81.3 Å². The lowest BCUT2D eigenvalue weighted by molar-refractivity contribution is 0.528. The van der Waals surface area contributed by atoms with Gasteiger partial charge in [0.2, 0.25) is 10.0 Å². The smallest absolute Gasteiger partial charge is 0.408 e. The fourth-order valence-corrected chi connectivity index (χ4v) is 3.04. The number of fused-ring (bicyclic) bond motifs is 1. The second-order valence-corrected chi connectivity index (χ2v) is 6.20. The van der Waals surface area contributed by atoms with Crippen molar-refractivity contribution in [3.05, 3.63) is 28.7 Å². The van der Waals surface area contributed by atoms with Crippen LogP contribution in [0.5, 0.6) is 0 Å². The third-order valence-corrected chi connectivity index (χ3v) is 4.63. The third kappa shape index (κ3) is 2.57. The molecular formula is C12H16N2O4S. The average molecular weight is 284 g/mol. The van der Waals surface area contributed by atoms with Crippen molar-refractivity contribution in [2.24, 2.45) is 7.05 Å². The zero-order chi connectivity index (χ0) is 14.2. The summed E-state index contributed by atoms with van der Waals surface area (Å²) in [6.45, 7) is 3.69. The number of nitrogens with one attached hydrogen (secondary N) is 1. The van der Waals surface area contributed by atoms with E-state index >= 15 is 0 Å². The number of nitrogens with zero attached hydrogens (tertiary/aromatic N) is 1. The van der Waals surface area contributed by atoms with Crippen molar-refractivity contribution in [3.8, 4) is 0 Å². The van der Waals surface area contributed by atoms with E-state index in [9.17, 15) is 13.2 Å². The molecule has 1 unspecified atom stereocenters. The molecule has 0 aliphatic heterocycles. The van der Waals surface area contributed by atoms with Crippen LogP contribution >= 0.6 is 0 Å². The Bertz CT molecular complexity index is 758. The van der Waals surface area contributed by atoms with Crippen molar-refractivity contribution in [2.75, 3.05) is 0 Å². The fraction of sp³-hybridized carbons (Fsp3) is 0.417. The molecule has 0 saturated heterocycles. The normalized spacial score (nSPS) is 13.8. The van der Waals surface area contributed by atoms with E-state index in [1.165, 1.54) is 29.8 Å². The van der Waals surface area contributed by atoms with Gasteiger partial charge in [0.05, 0.1) is 10.4 Å². The van der Waals surface area contributed by atoms with Crippen LogP contribution in [0.4, 0.5) is 0 Å². The van der Waals surface area contributed by atoms with Crippen LogP contribution in [0.25, 0.3) is 11.1 Å². The number of hydrogen-bond donors (Lipinski definition) is 1. The summed E-state index contributed by atoms with van der Waals surface area (Å²) in [4.78, 5) is 11.5. The van der Waals surface area contributed by atoms with E-state index in [1.807, 2.05) is 6.92 Å². The number of aryl methyl sites for hydroxylation is 1. The number of oxazole rings is 1. The van der Waals surface area contributed by atoms with Gasteiger partial charge in [0, 0.05) is 13.1 Å². The standard InChI is InChI=1S/C12H16N2O4S/c1-4-8(2)13-19(16,17)9-5-6-11-10(7-9)14(3)12(15)18-11/h5-8,13H,4H2,1-3H3. The van der Waals surface area contributed by atoms with Crippen molar-refractivity contribution in [3.63, 3.8) is 0 Å². The third-order valence-electron chi connectivity index (χ3n) is 3.04. The molecule has 0 aliphatic carbocycles. The maximum atomic E-state index is 12.1. The Balaban J connectivity index is 2.51. The lowest BCUT2D eigenvalue weighted by atomic mass is 10.3. The maximum Gasteiger partial charge on any atom is 0.419 e. The number of rotatable bonds is 4. The van der Waals surface area contributed by atoms with E-state index in [-0.39, 0.29) is 10.9 Å². The molecule has 104 valence electrons. The van der Waals surface area contributed by atoms with E-state index in [0.29, 0.717) is 17.5 Å². The highest BCUT2D eigenvalue weighted by molar-refractivity contribution is 7.89. The van der Waals surface area contributed by atoms with Gasteiger partial charge in [-0.2, -0.15) is 0 Å². The van der Waals surface area contributed by atoms with Crippen LogP contribution in [0.2, 0.25) is 0 Å². The second-order valence-electron chi connectivity index (χ2n) is 4.49. The van der Waals surface area contributed by atoms with E-state index in [0.717, 1.165) is 0 Å². The van der Waals surface area contributed by atoms with Gasteiger partial charge in [-0.15, -0.1) is 0 Å². The van der Waals surface area contributed by atoms with Gasteiger partial charge in [0.15, 0.2) is 5.58 Å². The monoisotopic (exact) mass is 284 g/mol. The number of benzene rings is 1. The van der Waals surface area contributed by atoms with Crippen molar-refractivity contribution < 1.29 is 12.8 Å². The van der Waals surface area contributed by atoms with Gasteiger partial charge < -0.3 is 4.42 Å². The summed E-state index contributed by atoms with van der Waals surface area (Å²) in [5.74, 6) is -0.514. The van der Waals surface area contributed by atoms with E-state index in [4.69, 9.17) is 4.42 Å². The van der Waals surface area contributed by atoms with Crippen LogP contribution in [0.3, 0.4) is 0 Å². The molecule has 7 heteroatoms. The summed E-state index contributed by atoms with van der Waals surface area (Å²) in [6, 6.07) is 4.21. The highest BCUT2D eigenvalue weighted by atomic mass is 32.2. The molecule has 2 aromatic rings. The molecule has 2 rings (SSSR count). The minimum Gasteiger partial charge on any atom is -0.408 e. The summed E-state index contributed by atoms with van der Waals surface area (Å²) >= 11 is 0. The number of sulfonamides is 1. The molecule has 0 radical (unpaired) electrons. The second kappa shape index (κ2) is 4.82. The Morgan fingerprint density at radius 1 is 1.42 bits per heavy atom. The zero-order valence-electron chi connectivity index (χ0n) is 11.0. The number of hydrogen-bond acceptors (Lipinski definition) is 4. The predicted molar refractivity (Wildman–Crippen MR) is 71.5 cm³/mol. The van der Waals surface area contributed by atoms with Crippen molar-refractivity contribution in [2.45, 2.75) is 31.2 Å². The van der Waals surface area contributed by atoms with Crippen molar-refractivity contribution in [1.82, 2.24) is 9.29 Å². The molecule has 1 heterocycles. The molecule has 19 heavy (non-hydrogen) atoms. The molecule has 6 nitrogen and oxygen atoms in total. The summed E-state index contributed by atoms with van der Waals surface area (Å²) < 4.78 is 33.1. The molecule has 0 bridgehead atoms. The lowest BCUT2D eigenvalue weighted by Gasteiger charge is -2.11. The Morgan fingerprint density at radius 3 is 2.74 bits per heavy atom. The van der Waals surface area contributed by atoms with Crippen LogP contribution < -0.4 is 10.5 Å². The first-order valence-corrected chi connectivity index (χ1v) is 7.45. The molecule has 1 aromatic carbocycles. The van der Waals surface area contributed by atoms with Gasteiger partial charge in [-0.1, -0.05) is 6.92 Å². The predicted octanol–water partition coefficient (Wildman–Crippen LogP) is 1.21. The molecule has 1 N–H and O–H groups in total. The van der Waals surface area contributed by atoms with Gasteiger partial charge in [-0.05, 0) is 31.5 Å². The summed E-state index contributed by atoms with van der Waals surface area (Å²) in [7, 11) is -2.04. The first kappa shape index (κ1) is 13.8. The Morgan fingerprint density at radius 2 is 2.11 bits per heavy atom. The van der Waals surface area contributed by atoms with Gasteiger partial charge in [0.1, 0.15) is 0 Å². The molecular weight excluding hydrogens is 268 g/mol. The Kier molecular flexibility index (Phi) is 3.51. The Hall–Kier alpha value is -1.60. The summed E-state index contributed by atoms with van der Waals surface area (Å²) in [5, 5.41) is 0. The summed E-state index contributed by atoms with van der Waals surface area (Å²) in [5.41, 5.74) is 0.826. The highest BCUT2D eigenvalue weighted by Gasteiger charge is 2.18. The maximum absolute atomic E-state index is 12.1. The molecule has 0 spiro atoms. The molecule has 0 fully saturated rings. The van der Waals surface area contributed by atoms with Crippen LogP contribution in [-0.2, 0) is 17.1 Å². The SMILES string of the molecule is CCC(C)NS(=O)(=O)c1ccc2oc(=O)n(C)c2c1. The average Bonchev–Trinajstić information content (AvgIpc) is 2.64. The van der Waals surface area contributed by atoms with Crippen molar-refractivity contribution in [1.29, 1.82) is 0 Å². The fourth-order valence-electron chi connectivity index (χ4n) is 1.69. The first-order valence-electron chi connectivity index (χ1n) is 5.97. The van der Waals surface area contributed by atoms with Crippen LogP contribution in [0.15, 0.2) is 32.3 Å². The van der Waals surface area contributed by atoms with Gasteiger partial charge >= 0.3 is 5.76 Å². The minimum atomic E-state index is -3.58. The minimum absolute atomic E-state index is 0.122. The quantitative estimate of drug-likeness (QED) is 0.915. The summed E-state index contributed by atoms with van der Waals surface area (Å²) in [6.07, 6.45) is 0.700. The van der Waals surface area contributed by atoms with Gasteiger partial charge in [-0.3, -0.25) is 4.57 Å². The Labute approximate surface area is 111 Å². The highest BCUT2D eigenvalue weighted by Crippen LogP contribution is 2.18. The van der Waals surface area contributed by atoms with Crippen molar-refractivity contribution >= 4 is 21.1 Å². The zero-order valence-corrected chi connectivity index (χ0v) is 11.8. The molecule has 0 saturated carbocycles. The van der Waals surface area contributed by atoms with Gasteiger partial charge in [-0.25, -0.2) is 17.9 Å². The van der Waals surface area contributed by atoms with Crippen LogP contribution in [-0.4, -0.2) is 19.0 Å². The van der Waals surface area contributed by atoms with E-state index < -0.39 is 15.8 Å². The first-order chi connectivity index (χ1) is 8.85. The van der Waals surface area contributed by atoms with Crippen LogP contribution in [0, 0.1) is 0 Å². The van der Waals surface area contributed by atoms with Gasteiger partial charge in [0.25, 0.3) is 0 Å². The molecule has 0 amide bonds. The van der Waals surface area contributed by atoms with E-state index in [1.54, 1.807) is 6.92 Å². The molecule has 1 atom stereocenters. The largest absolute Gasteiger partial charge is 0.419 e. The van der Waals surface area contributed by atoms with Crippen LogP contribution in [0.1, 0.15) is 20.3 Å². The molecule has 0 aliphatic rings. The van der Waals surface area contributed by atoms with E-state index in [2.05, 4.69) is 4.72 Å². The molecule has 1 aromatic heterocycles. The number of aromatic nitrogens is 1.